The average Bonchev–Trinajstić information content (AvgIpc) is 3.03. The summed E-state index contributed by atoms with van der Waals surface area (Å²) in [6, 6.07) is 6.47. The lowest BCUT2D eigenvalue weighted by atomic mass is 10.2. The zero-order chi connectivity index (χ0) is 17.1. The summed E-state index contributed by atoms with van der Waals surface area (Å²) in [6.45, 7) is 2.76. The van der Waals surface area contributed by atoms with Gasteiger partial charge in [0, 0.05) is 11.8 Å². The first kappa shape index (κ1) is 16.1. The van der Waals surface area contributed by atoms with Crippen LogP contribution >= 0.6 is 11.3 Å². The molecule has 0 unspecified atom stereocenters. The van der Waals surface area contributed by atoms with E-state index >= 15 is 0 Å². The fraction of sp³-hybridized carbons (Fsp3) is 0.250. The van der Waals surface area contributed by atoms with Crippen molar-refractivity contribution in [3.8, 4) is 11.5 Å². The molecule has 1 aliphatic heterocycles. The van der Waals surface area contributed by atoms with Gasteiger partial charge in [0.2, 0.25) is 5.91 Å². The van der Waals surface area contributed by atoms with Gasteiger partial charge in [-0.2, -0.15) is 0 Å². The molecule has 1 aromatic heterocycles. The molecule has 2 amide bonds. The molecule has 4 N–H and O–H groups in total. The van der Waals surface area contributed by atoms with E-state index in [4.69, 9.17) is 15.2 Å². The van der Waals surface area contributed by atoms with Gasteiger partial charge in [0.25, 0.3) is 5.91 Å². The number of amides is 2. The summed E-state index contributed by atoms with van der Waals surface area (Å²) in [4.78, 5) is 23.6. The van der Waals surface area contributed by atoms with Gasteiger partial charge in [-0.1, -0.05) is 0 Å². The first-order valence-corrected chi connectivity index (χ1v) is 8.27. The van der Waals surface area contributed by atoms with Crippen LogP contribution in [0.2, 0.25) is 0 Å². The average molecular weight is 347 g/mol. The lowest BCUT2D eigenvalue weighted by Gasteiger charge is -2.20. The van der Waals surface area contributed by atoms with Crippen LogP contribution in [0.25, 0.3) is 0 Å². The molecule has 24 heavy (non-hydrogen) atoms. The molecule has 3 rings (SSSR count). The Morgan fingerprint density at radius 3 is 2.71 bits per heavy atom. The van der Waals surface area contributed by atoms with Gasteiger partial charge in [-0.15, -0.1) is 11.3 Å². The monoisotopic (exact) mass is 347 g/mol. The lowest BCUT2D eigenvalue weighted by molar-refractivity contribution is -0.116. The molecular formula is C16H17N3O4S. The SMILES string of the molecule is C[C@H](Nc1ccc2c(c1)OCCO2)C(=O)Nc1sccc1C(N)=O. The molecule has 8 heteroatoms. The van der Waals surface area contributed by atoms with Crippen molar-refractivity contribution >= 4 is 33.8 Å². The van der Waals surface area contributed by atoms with Crippen molar-refractivity contribution in [2.24, 2.45) is 5.73 Å². The third kappa shape index (κ3) is 3.43. The summed E-state index contributed by atoms with van der Waals surface area (Å²) in [5.74, 6) is 0.496. The molecule has 1 aliphatic rings. The minimum atomic E-state index is -0.570. The van der Waals surface area contributed by atoms with Gasteiger partial charge in [0.1, 0.15) is 24.3 Å². The Morgan fingerprint density at radius 2 is 1.96 bits per heavy atom. The number of nitrogens with two attached hydrogens (primary N) is 1. The Kier molecular flexibility index (Phi) is 4.57. The number of carbonyl (C=O) groups excluding carboxylic acids is 2. The molecule has 0 spiro atoms. The molecule has 0 radical (unpaired) electrons. The normalized spacial score (nSPS) is 13.9. The summed E-state index contributed by atoms with van der Waals surface area (Å²) in [7, 11) is 0. The van der Waals surface area contributed by atoms with Crippen LogP contribution in [0.1, 0.15) is 17.3 Å². The van der Waals surface area contributed by atoms with Gasteiger partial charge in [0.15, 0.2) is 11.5 Å². The Hall–Kier alpha value is -2.74. The maximum Gasteiger partial charge on any atom is 0.251 e. The topological polar surface area (TPSA) is 103 Å². The fourth-order valence-corrected chi connectivity index (χ4v) is 3.06. The van der Waals surface area contributed by atoms with Crippen molar-refractivity contribution in [2.45, 2.75) is 13.0 Å². The van der Waals surface area contributed by atoms with Gasteiger partial charge in [-0.3, -0.25) is 9.59 Å². The summed E-state index contributed by atoms with van der Waals surface area (Å²) < 4.78 is 11.0. The van der Waals surface area contributed by atoms with Gasteiger partial charge in [-0.05, 0) is 30.5 Å². The predicted octanol–water partition coefficient (Wildman–Crippen LogP) is 2.06. The van der Waals surface area contributed by atoms with Crippen LogP contribution in [0.3, 0.4) is 0 Å². The Bertz CT molecular complexity index is 774. The molecule has 2 aromatic rings. The van der Waals surface area contributed by atoms with E-state index in [-0.39, 0.29) is 5.91 Å². The number of rotatable bonds is 5. The highest BCUT2D eigenvalue weighted by Gasteiger charge is 2.18. The van der Waals surface area contributed by atoms with E-state index in [1.165, 1.54) is 11.3 Å². The van der Waals surface area contributed by atoms with Crippen molar-refractivity contribution in [1.82, 2.24) is 0 Å². The van der Waals surface area contributed by atoms with Crippen LogP contribution < -0.4 is 25.8 Å². The third-order valence-electron chi connectivity index (χ3n) is 3.49. The number of primary amides is 1. The second-order valence-electron chi connectivity index (χ2n) is 5.24. The van der Waals surface area contributed by atoms with E-state index in [9.17, 15) is 9.59 Å². The molecule has 2 heterocycles. The zero-order valence-electron chi connectivity index (χ0n) is 13.0. The van der Waals surface area contributed by atoms with Crippen LogP contribution in [0, 0.1) is 0 Å². The minimum Gasteiger partial charge on any atom is -0.486 e. The number of ether oxygens (including phenoxy) is 2. The number of thiophene rings is 1. The largest absolute Gasteiger partial charge is 0.486 e. The Balaban J connectivity index is 1.66. The summed E-state index contributed by atoms with van der Waals surface area (Å²) in [6.07, 6.45) is 0. The van der Waals surface area contributed by atoms with Gasteiger partial charge < -0.3 is 25.8 Å². The van der Waals surface area contributed by atoms with Gasteiger partial charge in [0.05, 0.1) is 5.56 Å². The van der Waals surface area contributed by atoms with E-state index in [0.29, 0.717) is 35.3 Å². The van der Waals surface area contributed by atoms with Gasteiger partial charge >= 0.3 is 0 Å². The van der Waals surface area contributed by atoms with Crippen LogP contribution in [0.4, 0.5) is 10.7 Å². The molecular weight excluding hydrogens is 330 g/mol. The van der Waals surface area contributed by atoms with E-state index in [2.05, 4.69) is 10.6 Å². The molecule has 0 aliphatic carbocycles. The highest BCUT2D eigenvalue weighted by Crippen LogP contribution is 2.32. The zero-order valence-corrected chi connectivity index (χ0v) is 13.8. The predicted molar refractivity (Wildman–Crippen MR) is 92.0 cm³/mol. The summed E-state index contributed by atoms with van der Waals surface area (Å²) in [5, 5.41) is 7.96. The van der Waals surface area contributed by atoms with Crippen LogP contribution in [0.5, 0.6) is 11.5 Å². The summed E-state index contributed by atoms with van der Waals surface area (Å²) in [5.41, 5.74) is 6.32. The van der Waals surface area contributed by atoms with E-state index in [0.717, 1.165) is 5.69 Å². The first-order chi connectivity index (χ1) is 11.5. The van der Waals surface area contributed by atoms with Crippen LogP contribution in [0.15, 0.2) is 29.6 Å². The number of carbonyl (C=O) groups is 2. The molecule has 1 atom stereocenters. The summed E-state index contributed by atoms with van der Waals surface area (Å²) >= 11 is 1.25. The van der Waals surface area contributed by atoms with E-state index < -0.39 is 11.9 Å². The Labute approximate surface area is 142 Å². The lowest BCUT2D eigenvalue weighted by Crippen LogP contribution is -2.32. The molecule has 126 valence electrons. The number of fused-ring (bicyclic) bond motifs is 1. The number of nitrogens with one attached hydrogen (secondary N) is 2. The maximum absolute atomic E-state index is 12.3. The standard InChI is InChI=1S/C16H17N3O4S/c1-9(15(21)19-16-11(14(17)20)4-7-24-16)18-10-2-3-12-13(8-10)23-6-5-22-12/h2-4,7-9,18H,5-6H2,1H3,(H2,17,20)(H,19,21)/t9-/m0/s1. The Morgan fingerprint density at radius 1 is 1.21 bits per heavy atom. The number of benzene rings is 1. The van der Waals surface area contributed by atoms with Crippen LogP contribution in [-0.2, 0) is 4.79 Å². The third-order valence-corrected chi connectivity index (χ3v) is 4.32. The molecule has 0 saturated carbocycles. The van der Waals surface area contributed by atoms with Crippen molar-refractivity contribution in [2.75, 3.05) is 23.8 Å². The molecule has 1 aromatic carbocycles. The quantitative estimate of drug-likeness (QED) is 0.768. The van der Waals surface area contributed by atoms with Crippen molar-refractivity contribution in [1.29, 1.82) is 0 Å². The van der Waals surface area contributed by atoms with Crippen molar-refractivity contribution < 1.29 is 19.1 Å². The first-order valence-electron chi connectivity index (χ1n) is 7.39. The van der Waals surface area contributed by atoms with Crippen LogP contribution in [-0.4, -0.2) is 31.1 Å². The van der Waals surface area contributed by atoms with Crippen molar-refractivity contribution in [3.05, 3.63) is 35.2 Å². The van der Waals surface area contributed by atoms with Crippen molar-refractivity contribution in [3.63, 3.8) is 0 Å². The smallest absolute Gasteiger partial charge is 0.251 e. The van der Waals surface area contributed by atoms with Gasteiger partial charge in [-0.25, -0.2) is 0 Å². The molecule has 0 fully saturated rings. The highest BCUT2D eigenvalue weighted by atomic mass is 32.1. The highest BCUT2D eigenvalue weighted by molar-refractivity contribution is 7.14. The minimum absolute atomic E-state index is 0.269. The number of hydrogen-bond donors (Lipinski definition) is 3. The fourth-order valence-electron chi connectivity index (χ4n) is 2.27. The molecule has 0 bridgehead atoms. The second-order valence-corrected chi connectivity index (χ2v) is 6.16. The number of hydrogen-bond acceptors (Lipinski definition) is 6. The second kappa shape index (κ2) is 6.79. The maximum atomic E-state index is 12.3. The van der Waals surface area contributed by atoms with E-state index in [1.807, 2.05) is 6.07 Å². The van der Waals surface area contributed by atoms with E-state index in [1.54, 1.807) is 30.5 Å². The molecule has 0 saturated heterocycles. The number of anilines is 2. The molecule has 7 nitrogen and oxygen atoms in total.